The molecule has 104 valence electrons. The van der Waals surface area contributed by atoms with Gasteiger partial charge in [0.1, 0.15) is 0 Å². The van der Waals surface area contributed by atoms with Gasteiger partial charge in [-0.05, 0) is 53.1 Å². The van der Waals surface area contributed by atoms with Crippen LogP contribution in [0.25, 0.3) is 23.8 Å². The molecule has 0 bridgehead atoms. The lowest BCUT2D eigenvalue weighted by atomic mass is 9.96. The zero-order valence-electron chi connectivity index (χ0n) is 12.0. The molecule has 0 aliphatic carbocycles. The monoisotopic (exact) mass is 272 g/mol. The molecule has 2 rings (SSSR count). The smallest absolute Gasteiger partial charge is 0.202 e. The van der Waals surface area contributed by atoms with E-state index in [9.17, 15) is 8.78 Å². The number of rotatable bonds is 2. The second-order valence-electron chi connectivity index (χ2n) is 5.12. The average Bonchev–Trinajstić information content (AvgIpc) is 2.38. The van der Waals surface area contributed by atoms with Gasteiger partial charge in [-0.3, -0.25) is 0 Å². The Hall–Kier alpha value is -1.96. The molecule has 0 aliphatic rings. The maximum atomic E-state index is 13.3. The fourth-order valence-corrected chi connectivity index (χ4v) is 2.29. The van der Waals surface area contributed by atoms with Crippen LogP contribution in [0, 0.1) is 6.92 Å². The summed E-state index contributed by atoms with van der Waals surface area (Å²) >= 11 is 0. The van der Waals surface area contributed by atoms with Crippen LogP contribution in [0.3, 0.4) is 0 Å². The molecule has 2 heteroatoms. The highest BCUT2D eigenvalue weighted by atomic mass is 19.3. The van der Waals surface area contributed by atoms with E-state index in [-0.39, 0.29) is 5.56 Å². The Morgan fingerprint density at radius 2 is 1.80 bits per heavy atom. The first kappa shape index (κ1) is 14.4. The molecule has 0 aromatic heterocycles. The van der Waals surface area contributed by atoms with Gasteiger partial charge < -0.3 is 0 Å². The zero-order valence-corrected chi connectivity index (χ0v) is 12.0. The molecule has 0 amide bonds. The maximum Gasteiger partial charge on any atom is 0.270 e. The molecule has 0 spiro atoms. The number of hydrogen-bond acceptors (Lipinski definition) is 0. The summed E-state index contributed by atoms with van der Waals surface area (Å²) in [6, 6.07) is 10.8. The fourth-order valence-electron chi connectivity index (χ4n) is 2.29. The quantitative estimate of drug-likeness (QED) is 0.775. The molecular formula is C18H18F2. The lowest BCUT2D eigenvalue weighted by Gasteiger charge is -2.14. The Labute approximate surface area is 118 Å². The number of hydrogen-bond donors (Lipinski definition) is 0. The van der Waals surface area contributed by atoms with Gasteiger partial charge in [0.05, 0.1) is 0 Å². The van der Waals surface area contributed by atoms with E-state index in [2.05, 4.69) is 6.58 Å². The van der Waals surface area contributed by atoms with Gasteiger partial charge in [-0.25, -0.2) is 8.78 Å². The van der Waals surface area contributed by atoms with Gasteiger partial charge in [0.25, 0.3) is 5.92 Å². The summed E-state index contributed by atoms with van der Waals surface area (Å²) in [5.74, 6) is -2.80. The Morgan fingerprint density at radius 1 is 1.10 bits per heavy atom. The first-order valence-electron chi connectivity index (χ1n) is 6.57. The van der Waals surface area contributed by atoms with Crippen molar-refractivity contribution in [3.8, 4) is 11.1 Å². The summed E-state index contributed by atoms with van der Waals surface area (Å²) in [6.45, 7) is 8.70. The van der Waals surface area contributed by atoms with Crippen LogP contribution >= 0.6 is 0 Å². The van der Waals surface area contributed by atoms with E-state index in [1.807, 2.05) is 38.1 Å². The molecule has 0 aliphatic heterocycles. The van der Waals surface area contributed by atoms with E-state index in [0.29, 0.717) is 0 Å². The molecule has 0 fully saturated rings. The molecule has 0 heterocycles. The maximum absolute atomic E-state index is 13.3. The Morgan fingerprint density at radius 3 is 2.35 bits per heavy atom. The predicted molar refractivity (Wildman–Crippen MR) is 81.1 cm³/mol. The Kier molecular flexibility index (Phi) is 3.76. The minimum Gasteiger partial charge on any atom is -0.202 e. The summed E-state index contributed by atoms with van der Waals surface area (Å²) in [5.41, 5.74) is 2.90. The van der Waals surface area contributed by atoms with Crippen molar-refractivity contribution in [2.45, 2.75) is 26.7 Å². The van der Waals surface area contributed by atoms with Gasteiger partial charge in [0, 0.05) is 12.5 Å². The number of aryl methyl sites for hydroxylation is 1. The molecule has 2 aromatic rings. The highest BCUT2D eigenvalue weighted by Gasteiger charge is 2.24. The van der Waals surface area contributed by atoms with Gasteiger partial charge in [0.15, 0.2) is 0 Å². The van der Waals surface area contributed by atoms with Crippen LogP contribution in [-0.2, 0) is 5.92 Å². The van der Waals surface area contributed by atoms with Crippen molar-refractivity contribution >= 4 is 12.7 Å². The van der Waals surface area contributed by atoms with E-state index < -0.39 is 5.92 Å². The van der Waals surface area contributed by atoms with E-state index >= 15 is 0 Å². The first-order valence-corrected chi connectivity index (χ1v) is 6.57. The van der Waals surface area contributed by atoms with Crippen molar-refractivity contribution in [3.63, 3.8) is 0 Å². The van der Waals surface area contributed by atoms with E-state index in [4.69, 9.17) is 0 Å². The third-order valence-corrected chi connectivity index (χ3v) is 3.50. The summed E-state index contributed by atoms with van der Waals surface area (Å²) in [4.78, 5) is 0. The molecular weight excluding hydrogens is 254 g/mol. The van der Waals surface area contributed by atoms with Crippen molar-refractivity contribution in [3.05, 3.63) is 58.0 Å². The van der Waals surface area contributed by atoms with Crippen LogP contribution in [0.4, 0.5) is 8.78 Å². The van der Waals surface area contributed by atoms with Crippen molar-refractivity contribution in [1.29, 1.82) is 0 Å². The van der Waals surface area contributed by atoms with Crippen LogP contribution in [0.15, 0.2) is 36.4 Å². The zero-order chi connectivity index (χ0) is 14.9. The molecule has 0 saturated heterocycles. The topological polar surface area (TPSA) is 0 Å². The molecule has 20 heavy (non-hydrogen) atoms. The van der Waals surface area contributed by atoms with Crippen LogP contribution in [0.2, 0.25) is 0 Å². The minimum absolute atomic E-state index is 0.0507. The lowest BCUT2D eigenvalue weighted by Crippen LogP contribution is -2.22. The Balaban J connectivity index is 2.57. The normalized spacial score (nSPS) is 12.8. The summed E-state index contributed by atoms with van der Waals surface area (Å²) in [5, 5.41) is 2.03. The van der Waals surface area contributed by atoms with Gasteiger partial charge in [0.2, 0.25) is 0 Å². The van der Waals surface area contributed by atoms with Crippen LogP contribution in [-0.4, -0.2) is 0 Å². The third kappa shape index (κ3) is 2.79. The second kappa shape index (κ2) is 5.20. The Bertz CT molecular complexity index is 737. The van der Waals surface area contributed by atoms with E-state index in [1.165, 1.54) is 6.07 Å². The first-order chi connectivity index (χ1) is 9.32. The third-order valence-electron chi connectivity index (χ3n) is 3.50. The van der Waals surface area contributed by atoms with E-state index in [1.54, 1.807) is 12.1 Å². The molecule has 0 N–H and O–H groups in total. The minimum atomic E-state index is -2.80. The van der Waals surface area contributed by atoms with Gasteiger partial charge in [-0.15, -0.1) is 0 Å². The van der Waals surface area contributed by atoms with Crippen LogP contribution < -0.4 is 10.4 Å². The largest absolute Gasteiger partial charge is 0.270 e. The summed E-state index contributed by atoms with van der Waals surface area (Å²) < 4.78 is 26.7. The highest BCUT2D eigenvalue weighted by Crippen LogP contribution is 2.31. The predicted octanol–water partition coefficient (Wildman–Crippen LogP) is 3.98. The second-order valence-corrected chi connectivity index (χ2v) is 5.12. The average molecular weight is 272 g/mol. The van der Waals surface area contributed by atoms with Gasteiger partial charge in [-0.2, -0.15) is 0 Å². The summed E-state index contributed by atoms with van der Waals surface area (Å²) in [7, 11) is 0. The molecule has 0 radical (unpaired) electrons. The summed E-state index contributed by atoms with van der Waals surface area (Å²) in [6.07, 6.45) is 2.00. The number of alkyl halides is 2. The van der Waals surface area contributed by atoms with Gasteiger partial charge in [-0.1, -0.05) is 36.9 Å². The highest BCUT2D eigenvalue weighted by molar-refractivity contribution is 5.68. The van der Waals surface area contributed by atoms with Crippen LogP contribution in [0.5, 0.6) is 0 Å². The number of benzene rings is 2. The van der Waals surface area contributed by atoms with E-state index in [0.717, 1.165) is 34.1 Å². The lowest BCUT2D eigenvalue weighted by molar-refractivity contribution is 0.0174. The van der Waals surface area contributed by atoms with Crippen LogP contribution in [0.1, 0.15) is 25.0 Å². The fraction of sp³-hybridized carbons (Fsp3) is 0.222. The molecule has 0 unspecified atom stereocenters. The molecule has 0 atom stereocenters. The van der Waals surface area contributed by atoms with Crippen molar-refractivity contribution in [1.82, 2.24) is 0 Å². The SMILES string of the molecule is C=c1ccc(-c2ccc(C(C)(F)F)cc2C)c/c1=C/C. The molecule has 0 saturated carbocycles. The number of halogens is 2. The van der Waals surface area contributed by atoms with Crippen molar-refractivity contribution < 1.29 is 8.78 Å². The van der Waals surface area contributed by atoms with Gasteiger partial charge >= 0.3 is 0 Å². The molecule has 0 nitrogen and oxygen atoms in total. The standard InChI is InChI=1S/C18H18F2/c1-5-14-11-15(7-6-12(14)2)17-9-8-16(10-13(17)3)18(4,19)20/h5-11H,2H2,1,3-4H3/b14-5-. The van der Waals surface area contributed by atoms with Crippen molar-refractivity contribution in [2.75, 3.05) is 0 Å². The van der Waals surface area contributed by atoms with Crippen molar-refractivity contribution in [2.24, 2.45) is 0 Å². The molecule has 2 aromatic carbocycles.